The molecule has 0 heterocycles. The summed E-state index contributed by atoms with van der Waals surface area (Å²) in [7, 11) is 1.34. The summed E-state index contributed by atoms with van der Waals surface area (Å²) in [5.41, 5.74) is 0.428. The van der Waals surface area contributed by atoms with Crippen molar-refractivity contribution in [2.45, 2.75) is 13.8 Å². The maximum Gasteiger partial charge on any atom is 0.338 e. The van der Waals surface area contributed by atoms with Gasteiger partial charge in [-0.2, -0.15) is 0 Å². The van der Waals surface area contributed by atoms with E-state index in [0.717, 1.165) is 0 Å². The molecule has 4 nitrogen and oxygen atoms in total. The minimum Gasteiger partial charge on any atom is -0.494 e. The number of methoxy groups -OCH3 is 1. The molecule has 0 bridgehead atoms. The summed E-state index contributed by atoms with van der Waals surface area (Å²) in [5, 5.41) is 0. The van der Waals surface area contributed by atoms with Crippen molar-refractivity contribution in [3.05, 3.63) is 23.8 Å². The molecule has 0 aromatic heterocycles. The molecule has 0 fully saturated rings. The monoisotopic (exact) mass is 224 g/mol. The predicted molar refractivity (Wildman–Crippen MR) is 60.1 cm³/mol. The number of carbonyl (C=O) groups excluding carboxylic acids is 1. The van der Waals surface area contributed by atoms with Crippen LogP contribution in [0, 0.1) is 0 Å². The Balaban J connectivity index is 3.02. The van der Waals surface area contributed by atoms with Crippen molar-refractivity contribution >= 4 is 5.97 Å². The number of esters is 1. The van der Waals surface area contributed by atoms with E-state index in [1.165, 1.54) is 7.11 Å². The van der Waals surface area contributed by atoms with Crippen molar-refractivity contribution in [2.24, 2.45) is 0 Å². The Morgan fingerprint density at radius 2 is 1.56 bits per heavy atom. The molecule has 0 unspecified atom stereocenters. The third kappa shape index (κ3) is 3.15. The molecule has 1 aromatic carbocycles. The van der Waals surface area contributed by atoms with Gasteiger partial charge in [0, 0.05) is 6.07 Å². The standard InChI is InChI=1S/C12H16O4/c1-4-15-10-6-9(12(13)14-3)7-11(8-10)16-5-2/h6-8H,4-5H2,1-3H3. The number of ether oxygens (including phenoxy) is 3. The quantitative estimate of drug-likeness (QED) is 0.720. The topological polar surface area (TPSA) is 44.8 Å². The Morgan fingerprint density at radius 1 is 1.06 bits per heavy atom. The van der Waals surface area contributed by atoms with Crippen LogP contribution in [0.3, 0.4) is 0 Å². The van der Waals surface area contributed by atoms with Gasteiger partial charge in [0.2, 0.25) is 0 Å². The minimum absolute atomic E-state index is 0.400. The highest BCUT2D eigenvalue weighted by atomic mass is 16.5. The zero-order valence-corrected chi connectivity index (χ0v) is 9.78. The van der Waals surface area contributed by atoms with E-state index in [4.69, 9.17) is 9.47 Å². The number of benzene rings is 1. The van der Waals surface area contributed by atoms with E-state index in [0.29, 0.717) is 30.3 Å². The molecule has 0 atom stereocenters. The Morgan fingerprint density at radius 3 is 1.94 bits per heavy atom. The van der Waals surface area contributed by atoms with Gasteiger partial charge in [-0.15, -0.1) is 0 Å². The van der Waals surface area contributed by atoms with Crippen molar-refractivity contribution in [3.8, 4) is 11.5 Å². The largest absolute Gasteiger partial charge is 0.494 e. The van der Waals surface area contributed by atoms with Gasteiger partial charge in [-0.3, -0.25) is 0 Å². The zero-order valence-electron chi connectivity index (χ0n) is 9.78. The fraction of sp³-hybridized carbons (Fsp3) is 0.417. The van der Waals surface area contributed by atoms with Crippen molar-refractivity contribution in [3.63, 3.8) is 0 Å². The molecule has 0 aliphatic carbocycles. The van der Waals surface area contributed by atoms with Crippen molar-refractivity contribution < 1.29 is 19.0 Å². The molecule has 1 rings (SSSR count). The van der Waals surface area contributed by atoms with E-state index >= 15 is 0 Å². The lowest BCUT2D eigenvalue weighted by Gasteiger charge is -2.09. The first-order valence-corrected chi connectivity index (χ1v) is 5.20. The third-order valence-electron chi connectivity index (χ3n) is 1.92. The lowest BCUT2D eigenvalue weighted by Crippen LogP contribution is -2.03. The number of carbonyl (C=O) groups is 1. The van der Waals surface area contributed by atoms with E-state index < -0.39 is 5.97 Å². The molecule has 88 valence electrons. The minimum atomic E-state index is -0.400. The number of hydrogen-bond acceptors (Lipinski definition) is 4. The van der Waals surface area contributed by atoms with Gasteiger partial charge in [-0.25, -0.2) is 4.79 Å². The number of hydrogen-bond donors (Lipinski definition) is 0. The van der Waals surface area contributed by atoms with Crippen LogP contribution in [0.2, 0.25) is 0 Å². The highest BCUT2D eigenvalue weighted by Crippen LogP contribution is 2.23. The van der Waals surface area contributed by atoms with E-state index in [2.05, 4.69) is 4.74 Å². The van der Waals surface area contributed by atoms with Gasteiger partial charge in [0.25, 0.3) is 0 Å². The molecule has 4 heteroatoms. The van der Waals surface area contributed by atoms with Crippen LogP contribution in [0.15, 0.2) is 18.2 Å². The lowest BCUT2D eigenvalue weighted by atomic mass is 10.2. The molecule has 0 spiro atoms. The molecular weight excluding hydrogens is 208 g/mol. The van der Waals surface area contributed by atoms with Crippen LogP contribution in [0.4, 0.5) is 0 Å². The Bertz CT molecular complexity index is 336. The smallest absolute Gasteiger partial charge is 0.338 e. The van der Waals surface area contributed by atoms with Crippen LogP contribution < -0.4 is 9.47 Å². The second-order valence-corrected chi connectivity index (χ2v) is 3.05. The summed E-state index contributed by atoms with van der Waals surface area (Å²) in [6.07, 6.45) is 0. The van der Waals surface area contributed by atoms with Crippen LogP contribution in [-0.2, 0) is 4.74 Å². The fourth-order valence-corrected chi connectivity index (χ4v) is 1.31. The Kier molecular flexibility index (Phi) is 4.64. The third-order valence-corrected chi connectivity index (χ3v) is 1.92. The molecule has 0 saturated heterocycles. The van der Waals surface area contributed by atoms with Gasteiger partial charge in [-0.05, 0) is 26.0 Å². The van der Waals surface area contributed by atoms with Crippen molar-refractivity contribution in [1.82, 2.24) is 0 Å². The molecule has 0 aliphatic rings. The van der Waals surface area contributed by atoms with E-state index in [1.807, 2.05) is 13.8 Å². The SMILES string of the molecule is CCOc1cc(OCC)cc(C(=O)OC)c1. The summed E-state index contributed by atoms with van der Waals surface area (Å²) < 4.78 is 15.3. The van der Waals surface area contributed by atoms with E-state index in [9.17, 15) is 4.79 Å². The normalized spacial score (nSPS) is 9.69. The average Bonchev–Trinajstić information content (AvgIpc) is 2.28. The lowest BCUT2D eigenvalue weighted by molar-refractivity contribution is 0.0599. The molecule has 1 aromatic rings. The molecule has 0 saturated carbocycles. The maximum atomic E-state index is 11.4. The summed E-state index contributed by atoms with van der Waals surface area (Å²) >= 11 is 0. The number of rotatable bonds is 5. The highest BCUT2D eigenvalue weighted by molar-refractivity contribution is 5.90. The fourth-order valence-electron chi connectivity index (χ4n) is 1.31. The van der Waals surface area contributed by atoms with Crippen LogP contribution in [0.5, 0.6) is 11.5 Å². The Hall–Kier alpha value is -1.71. The summed E-state index contributed by atoms with van der Waals surface area (Å²) in [5.74, 6) is 0.810. The van der Waals surface area contributed by atoms with Gasteiger partial charge in [0.1, 0.15) is 11.5 Å². The van der Waals surface area contributed by atoms with Crippen LogP contribution in [0.25, 0.3) is 0 Å². The van der Waals surface area contributed by atoms with E-state index in [-0.39, 0.29) is 0 Å². The van der Waals surface area contributed by atoms with Gasteiger partial charge >= 0.3 is 5.97 Å². The molecule has 0 radical (unpaired) electrons. The van der Waals surface area contributed by atoms with Gasteiger partial charge in [0.05, 0.1) is 25.9 Å². The molecule has 0 N–H and O–H groups in total. The first-order valence-electron chi connectivity index (χ1n) is 5.20. The molecule has 0 amide bonds. The Labute approximate surface area is 95.1 Å². The summed E-state index contributed by atoms with van der Waals surface area (Å²) in [6.45, 7) is 4.84. The van der Waals surface area contributed by atoms with Crippen LogP contribution >= 0.6 is 0 Å². The second-order valence-electron chi connectivity index (χ2n) is 3.05. The van der Waals surface area contributed by atoms with Crippen LogP contribution in [0.1, 0.15) is 24.2 Å². The van der Waals surface area contributed by atoms with E-state index in [1.54, 1.807) is 18.2 Å². The first-order chi connectivity index (χ1) is 7.71. The zero-order chi connectivity index (χ0) is 12.0. The molecular formula is C12H16O4. The predicted octanol–water partition coefficient (Wildman–Crippen LogP) is 2.27. The summed E-state index contributed by atoms with van der Waals surface area (Å²) in [6, 6.07) is 5.02. The van der Waals surface area contributed by atoms with Crippen LogP contribution in [-0.4, -0.2) is 26.3 Å². The molecule has 16 heavy (non-hydrogen) atoms. The van der Waals surface area contributed by atoms with Crippen molar-refractivity contribution in [2.75, 3.05) is 20.3 Å². The second kappa shape index (κ2) is 6.00. The summed E-state index contributed by atoms with van der Waals surface area (Å²) in [4.78, 5) is 11.4. The maximum absolute atomic E-state index is 11.4. The van der Waals surface area contributed by atoms with Gasteiger partial charge in [-0.1, -0.05) is 0 Å². The molecule has 0 aliphatic heterocycles. The average molecular weight is 224 g/mol. The highest BCUT2D eigenvalue weighted by Gasteiger charge is 2.09. The van der Waals surface area contributed by atoms with Crippen molar-refractivity contribution in [1.29, 1.82) is 0 Å². The van der Waals surface area contributed by atoms with Gasteiger partial charge < -0.3 is 14.2 Å². The first kappa shape index (κ1) is 12.4. The van der Waals surface area contributed by atoms with Gasteiger partial charge in [0.15, 0.2) is 0 Å².